The average molecular weight is 402 g/mol. The maximum atomic E-state index is 4.61. The Bertz CT molecular complexity index is 1150. The first-order chi connectivity index (χ1) is 14.6. The van der Waals surface area contributed by atoms with E-state index in [1.165, 1.54) is 11.1 Å². The van der Waals surface area contributed by atoms with Crippen molar-refractivity contribution in [3.8, 4) is 11.3 Å². The minimum Gasteiger partial charge on any atom is -0.341 e. The first-order valence-electron chi connectivity index (χ1n) is 10.4. The Balaban J connectivity index is 1.27. The van der Waals surface area contributed by atoms with Gasteiger partial charge in [-0.15, -0.1) is 0 Å². The molecule has 4 heterocycles. The molecule has 0 spiro atoms. The van der Waals surface area contributed by atoms with Gasteiger partial charge in [0, 0.05) is 50.4 Å². The summed E-state index contributed by atoms with van der Waals surface area (Å²) in [7, 11) is 1.93. The summed E-state index contributed by atoms with van der Waals surface area (Å²) in [5, 5.41) is 8.00. The third-order valence-corrected chi connectivity index (χ3v) is 5.95. The fourth-order valence-corrected chi connectivity index (χ4v) is 4.11. The second-order valence-corrected chi connectivity index (χ2v) is 8.30. The lowest BCUT2D eigenvalue weighted by Crippen LogP contribution is -2.52. The topological polar surface area (TPSA) is 63.3 Å². The normalized spacial score (nSPS) is 15.5. The van der Waals surface area contributed by atoms with Gasteiger partial charge < -0.3 is 10.2 Å². The highest BCUT2D eigenvalue weighted by Crippen LogP contribution is 2.29. The molecule has 1 aliphatic heterocycles. The number of nitrogens with zero attached hydrogens (tertiary/aromatic N) is 6. The number of benzene rings is 1. The monoisotopic (exact) mass is 401 g/mol. The maximum Gasteiger partial charge on any atom is 0.213 e. The second kappa shape index (κ2) is 7.57. The quantitative estimate of drug-likeness (QED) is 0.537. The van der Waals surface area contributed by atoms with Gasteiger partial charge in [-0.05, 0) is 31.5 Å². The van der Waals surface area contributed by atoms with Crippen LogP contribution >= 0.6 is 0 Å². The molecular weight excluding hydrogens is 374 g/mol. The van der Waals surface area contributed by atoms with Crippen molar-refractivity contribution in [3.05, 3.63) is 66.2 Å². The van der Waals surface area contributed by atoms with Crippen molar-refractivity contribution >= 4 is 11.6 Å². The van der Waals surface area contributed by atoms with Crippen LogP contribution in [0.3, 0.4) is 0 Å². The van der Waals surface area contributed by atoms with Gasteiger partial charge in [0.1, 0.15) is 12.0 Å². The van der Waals surface area contributed by atoms with Crippen molar-refractivity contribution in [2.45, 2.75) is 19.9 Å². The van der Waals surface area contributed by atoms with Crippen molar-refractivity contribution < 1.29 is 0 Å². The molecule has 1 atom stereocenters. The molecule has 0 amide bonds. The standard InChI is InChI=1S/C23H27N7/c1-16-4-6-19(7-5-16)17(2)24-10-18-12-29(13-18)23-26-15-25-22-9-8-21(30(22)23)20-11-27-28(3)14-20/h4-9,11,14-15,17-18,24H,10,12-13H2,1-3H3/t17-/m0/s1. The minimum absolute atomic E-state index is 0.354. The number of hydrogen-bond donors (Lipinski definition) is 1. The van der Waals surface area contributed by atoms with Crippen LogP contribution in [0, 0.1) is 12.8 Å². The summed E-state index contributed by atoms with van der Waals surface area (Å²) in [4.78, 5) is 11.4. The molecule has 0 bridgehead atoms. The molecule has 3 aromatic heterocycles. The Kier molecular flexibility index (Phi) is 4.75. The zero-order valence-corrected chi connectivity index (χ0v) is 17.7. The van der Waals surface area contributed by atoms with Crippen LogP contribution < -0.4 is 10.2 Å². The summed E-state index contributed by atoms with van der Waals surface area (Å²) in [6, 6.07) is 13.3. The Morgan fingerprint density at radius 1 is 1.10 bits per heavy atom. The molecule has 154 valence electrons. The predicted molar refractivity (Wildman–Crippen MR) is 118 cm³/mol. The Morgan fingerprint density at radius 2 is 1.90 bits per heavy atom. The summed E-state index contributed by atoms with van der Waals surface area (Å²) >= 11 is 0. The zero-order chi connectivity index (χ0) is 20.7. The smallest absolute Gasteiger partial charge is 0.213 e. The molecule has 1 saturated heterocycles. The van der Waals surface area contributed by atoms with E-state index in [4.69, 9.17) is 0 Å². The van der Waals surface area contributed by atoms with Gasteiger partial charge in [-0.2, -0.15) is 5.10 Å². The fraction of sp³-hybridized carbons (Fsp3) is 0.348. The highest BCUT2D eigenvalue weighted by atomic mass is 15.3. The van der Waals surface area contributed by atoms with Crippen molar-refractivity contribution in [1.29, 1.82) is 0 Å². The summed E-state index contributed by atoms with van der Waals surface area (Å²) < 4.78 is 3.95. The van der Waals surface area contributed by atoms with Gasteiger partial charge in [-0.25, -0.2) is 9.97 Å². The number of anilines is 1. The van der Waals surface area contributed by atoms with Crippen molar-refractivity contribution in [2.24, 2.45) is 13.0 Å². The highest BCUT2D eigenvalue weighted by molar-refractivity contribution is 5.67. The molecule has 1 N–H and O–H groups in total. The van der Waals surface area contributed by atoms with Crippen molar-refractivity contribution in [3.63, 3.8) is 0 Å². The van der Waals surface area contributed by atoms with E-state index in [0.29, 0.717) is 12.0 Å². The van der Waals surface area contributed by atoms with E-state index in [0.717, 1.165) is 42.5 Å². The number of aryl methyl sites for hydroxylation is 2. The van der Waals surface area contributed by atoms with Crippen molar-refractivity contribution in [1.82, 2.24) is 29.5 Å². The van der Waals surface area contributed by atoms with E-state index in [9.17, 15) is 0 Å². The number of rotatable bonds is 6. The summed E-state index contributed by atoms with van der Waals surface area (Å²) in [6.45, 7) is 7.34. The van der Waals surface area contributed by atoms with E-state index >= 15 is 0 Å². The molecule has 7 nitrogen and oxygen atoms in total. The molecule has 0 saturated carbocycles. The molecule has 7 heteroatoms. The lowest BCUT2D eigenvalue weighted by atomic mass is 9.99. The van der Waals surface area contributed by atoms with Gasteiger partial charge in [-0.3, -0.25) is 9.08 Å². The van der Waals surface area contributed by atoms with Gasteiger partial charge in [0.25, 0.3) is 0 Å². The van der Waals surface area contributed by atoms with Crippen molar-refractivity contribution in [2.75, 3.05) is 24.5 Å². The van der Waals surface area contributed by atoms with E-state index in [1.807, 2.05) is 30.2 Å². The van der Waals surface area contributed by atoms with E-state index in [2.05, 4.69) is 73.9 Å². The van der Waals surface area contributed by atoms with Crippen LogP contribution in [0.15, 0.2) is 55.1 Å². The van der Waals surface area contributed by atoms with Crippen LogP contribution in [0.5, 0.6) is 0 Å². The van der Waals surface area contributed by atoms with Crippen LogP contribution in [0.25, 0.3) is 16.9 Å². The lowest BCUT2D eigenvalue weighted by molar-refractivity contribution is 0.363. The first-order valence-corrected chi connectivity index (χ1v) is 10.4. The third kappa shape index (κ3) is 3.45. The fourth-order valence-electron chi connectivity index (χ4n) is 4.11. The van der Waals surface area contributed by atoms with E-state index < -0.39 is 0 Å². The Morgan fingerprint density at radius 3 is 2.63 bits per heavy atom. The predicted octanol–water partition coefficient (Wildman–Crippen LogP) is 3.23. The minimum atomic E-state index is 0.354. The Hall–Kier alpha value is -3.19. The number of nitrogens with one attached hydrogen (secondary N) is 1. The number of aromatic nitrogens is 5. The van der Waals surface area contributed by atoms with Gasteiger partial charge in [0.2, 0.25) is 5.95 Å². The van der Waals surface area contributed by atoms with Crippen LogP contribution in [0.4, 0.5) is 5.95 Å². The number of fused-ring (bicyclic) bond motifs is 1. The molecule has 30 heavy (non-hydrogen) atoms. The molecule has 1 aliphatic rings. The Labute approximate surface area is 176 Å². The molecule has 4 aromatic rings. The molecule has 0 unspecified atom stereocenters. The van der Waals surface area contributed by atoms with Crippen LogP contribution in [-0.2, 0) is 7.05 Å². The largest absolute Gasteiger partial charge is 0.341 e. The highest BCUT2D eigenvalue weighted by Gasteiger charge is 2.30. The number of hydrogen-bond acceptors (Lipinski definition) is 5. The zero-order valence-electron chi connectivity index (χ0n) is 17.7. The molecule has 1 aromatic carbocycles. The summed E-state index contributed by atoms with van der Waals surface area (Å²) in [6.07, 6.45) is 5.56. The van der Waals surface area contributed by atoms with E-state index in [-0.39, 0.29) is 0 Å². The van der Waals surface area contributed by atoms with Gasteiger partial charge >= 0.3 is 0 Å². The second-order valence-electron chi connectivity index (χ2n) is 8.30. The summed E-state index contributed by atoms with van der Waals surface area (Å²) in [5.41, 5.74) is 5.69. The summed E-state index contributed by atoms with van der Waals surface area (Å²) in [5.74, 6) is 1.56. The molecule has 5 rings (SSSR count). The molecular formula is C23H27N7. The first kappa shape index (κ1) is 18.8. The van der Waals surface area contributed by atoms with Gasteiger partial charge in [0.05, 0.1) is 11.9 Å². The lowest BCUT2D eigenvalue weighted by Gasteiger charge is -2.40. The van der Waals surface area contributed by atoms with E-state index in [1.54, 1.807) is 6.33 Å². The van der Waals surface area contributed by atoms with Crippen LogP contribution in [0.2, 0.25) is 0 Å². The van der Waals surface area contributed by atoms with Crippen LogP contribution in [-0.4, -0.2) is 43.8 Å². The molecule has 0 radical (unpaired) electrons. The maximum absolute atomic E-state index is 4.61. The third-order valence-electron chi connectivity index (χ3n) is 5.95. The SMILES string of the molecule is Cc1ccc([C@H](C)NCC2CN(c3ncnc4ccc(-c5cnn(C)c5)n34)C2)cc1. The van der Waals surface area contributed by atoms with Gasteiger partial charge in [-0.1, -0.05) is 29.8 Å². The molecule has 1 fully saturated rings. The average Bonchev–Trinajstić information content (AvgIpc) is 3.33. The van der Waals surface area contributed by atoms with Crippen LogP contribution in [0.1, 0.15) is 24.1 Å². The van der Waals surface area contributed by atoms with Gasteiger partial charge in [0.15, 0.2) is 0 Å². The molecule has 0 aliphatic carbocycles.